The van der Waals surface area contributed by atoms with Crippen LogP contribution in [0.3, 0.4) is 0 Å². The second kappa shape index (κ2) is 6.70. The van der Waals surface area contributed by atoms with Crippen LogP contribution in [0.2, 0.25) is 0 Å². The lowest BCUT2D eigenvalue weighted by molar-refractivity contribution is -0.147. The van der Waals surface area contributed by atoms with E-state index in [0.29, 0.717) is 24.0 Å². The molecular formula is C17H20IN3O3. The minimum Gasteiger partial charge on any atom is -0.478 e. The molecule has 1 fully saturated rings. The number of hydrogen-bond donors (Lipinski definition) is 0. The molecule has 0 saturated carbocycles. The van der Waals surface area contributed by atoms with Gasteiger partial charge in [0.1, 0.15) is 11.8 Å². The molecule has 1 amide bonds. The molecule has 2 aromatic rings. The third-order valence-corrected chi connectivity index (χ3v) is 4.76. The van der Waals surface area contributed by atoms with Gasteiger partial charge in [0, 0.05) is 10.1 Å². The predicted octanol–water partition coefficient (Wildman–Crippen LogP) is 3.50. The van der Waals surface area contributed by atoms with Crippen molar-refractivity contribution >= 4 is 28.5 Å². The van der Waals surface area contributed by atoms with Crippen molar-refractivity contribution in [2.24, 2.45) is 0 Å². The highest BCUT2D eigenvalue weighted by Crippen LogP contribution is 2.33. The molecule has 1 aromatic carbocycles. The SMILES string of the molecule is Cc1noc([C@@H]2CCCN2C(=O)C(C)(C)Oc2ccc(I)cc2)n1. The van der Waals surface area contributed by atoms with Crippen molar-refractivity contribution in [2.75, 3.05) is 6.54 Å². The Labute approximate surface area is 154 Å². The molecule has 6 nitrogen and oxygen atoms in total. The number of aryl methyl sites for hydroxylation is 1. The lowest BCUT2D eigenvalue weighted by Crippen LogP contribution is -2.48. The van der Waals surface area contributed by atoms with Crippen molar-refractivity contribution in [2.45, 2.75) is 45.3 Å². The summed E-state index contributed by atoms with van der Waals surface area (Å²) in [5, 5.41) is 3.84. The van der Waals surface area contributed by atoms with E-state index in [9.17, 15) is 4.79 Å². The molecule has 0 spiro atoms. The lowest BCUT2D eigenvalue weighted by atomic mass is 10.1. The summed E-state index contributed by atoms with van der Waals surface area (Å²) in [6.07, 6.45) is 1.74. The molecule has 1 saturated heterocycles. The molecule has 0 aliphatic carbocycles. The molecule has 1 atom stereocenters. The van der Waals surface area contributed by atoms with Crippen LogP contribution in [-0.4, -0.2) is 33.1 Å². The number of aromatic nitrogens is 2. The van der Waals surface area contributed by atoms with E-state index in [4.69, 9.17) is 9.26 Å². The summed E-state index contributed by atoms with van der Waals surface area (Å²) >= 11 is 2.24. The van der Waals surface area contributed by atoms with Gasteiger partial charge in [-0.2, -0.15) is 4.98 Å². The van der Waals surface area contributed by atoms with E-state index in [1.54, 1.807) is 25.7 Å². The van der Waals surface area contributed by atoms with Crippen LogP contribution in [0.5, 0.6) is 5.75 Å². The molecule has 0 N–H and O–H groups in total. The molecule has 0 bridgehead atoms. The maximum absolute atomic E-state index is 13.0. The first-order valence-corrected chi connectivity index (χ1v) is 9.00. The van der Waals surface area contributed by atoms with Crippen molar-refractivity contribution in [3.63, 3.8) is 0 Å². The van der Waals surface area contributed by atoms with Crippen molar-refractivity contribution in [3.8, 4) is 5.75 Å². The topological polar surface area (TPSA) is 68.5 Å². The lowest BCUT2D eigenvalue weighted by Gasteiger charge is -2.32. The highest BCUT2D eigenvalue weighted by atomic mass is 127. The van der Waals surface area contributed by atoms with E-state index in [0.717, 1.165) is 16.4 Å². The number of carbonyl (C=O) groups excluding carboxylic acids is 1. The minimum atomic E-state index is -0.968. The van der Waals surface area contributed by atoms with Gasteiger partial charge in [-0.25, -0.2) is 0 Å². The van der Waals surface area contributed by atoms with E-state index in [-0.39, 0.29) is 11.9 Å². The van der Waals surface area contributed by atoms with E-state index in [1.807, 2.05) is 24.3 Å². The van der Waals surface area contributed by atoms with Gasteiger partial charge in [-0.15, -0.1) is 0 Å². The smallest absolute Gasteiger partial charge is 0.266 e. The fourth-order valence-corrected chi connectivity index (χ4v) is 3.26. The summed E-state index contributed by atoms with van der Waals surface area (Å²) in [4.78, 5) is 19.1. The third kappa shape index (κ3) is 3.55. The first kappa shape index (κ1) is 17.2. The first-order chi connectivity index (χ1) is 11.4. The molecule has 3 rings (SSSR count). The molecule has 2 heterocycles. The molecule has 128 valence electrons. The van der Waals surface area contributed by atoms with Gasteiger partial charge in [0.05, 0.1) is 0 Å². The number of nitrogens with zero attached hydrogens (tertiary/aromatic N) is 3. The van der Waals surface area contributed by atoms with Gasteiger partial charge in [0.2, 0.25) is 5.89 Å². The summed E-state index contributed by atoms with van der Waals surface area (Å²) in [6.45, 7) is 6.03. The molecule has 0 unspecified atom stereocenters. The Hall–Kier alpha value is -1.64. The van der Waals surface area contributed by atoms with E-state index in [2.05, 4.69) is 32.7 Å². The molecule has 7 heteroatoms. The van der Waals surface area contributed by atoms with Gasteiger partial charge in [0.25, 0.3) is 5.91 Å². The Morgan fingerprint density at radius 3 is 2.71 bits per heavy atom. The predicted molar refractivity (Wildman–Crippen MR) is 96.6 cm³/mol. The number of halogens is 1. The van der Waals surface area contributed by atoms with Crippen molar-refractivity contribution in [1.82, 2.24) is 15.0 Å². The van der Waals surface area contributed by atoms with Crippen LogP contribution in [0.4, 0.5) is 0 Å². The zero-order valence-corrected chi connectivity index (χ0v) is 16.1. The fraction of sp³-hybridized carbons (Fsp3) is 0.471. The number of rotatable bonds is 4. The minimum absolute atomic E-state index is 0.0700. The summed E-state index contributed by atoms with van der Waals surface area (Å²) in [5.41, 5.74) is -0.968. The van der Waals surface area contributed by atoms with E-state index < -0.39 is 5.60 Å². The Kier molecular flexibility index (Phi) is 4.80. The number of benzene rings is 1. The summed E-state index contributed by atoms with van der Waals surface area (Å²) in [6, 6.07) is 7.49. The number of amides is 1. The Morgan fingerprint density at radius 1 is 1.38 bits per heavy atom. The largest absolute Gasteiger partial charge is 0.478 e. The summed E-state index contributed by atoms with van der Waals surface area (Å²) < 4.78 is 12.4. The monoisotopic (exact) mass is 441 g/mol. The normalized spacial score (nSPS) is 18.0. The van der Waals surface area contributed by atoms with Crippen molar-refractivity contribution < 1.29 is 14.1 Å². The van der Waals surface area contributed by atoms with Gasteiger partial charge in [0.15, 0.2) is 11.4 Å². The number of carbonyl (C=O) groups is 1. The standard InChI is InChI=1S/C17H20IN3O3/c1-11-19-15(24-20-11)14-5-4-10-21(14)16(22)17(2,3)23-13-8-6-12(18)7-9-13/h6-9,14H,4-5,10H2,1-3H3/t14-/m0/s1. The van der Waals surface area contributed by atoms with Crippen LogP contribution in [0, 0.1) is 10.5 Å². The van der Waals surface area contributed by atoms with Crippen LogP contribution in [0.1, 0.15) is 44.4 Å². The first-order valence-electron chi connectivity index (χ1n) is 7.93. The van der Waals surface area contributed by atoms with Crippen LogP contribution < -0.4 is 4.74 Å². The second-order valence-corrected chi connectivity index (χ2v) is 7.65. The third-order valence-electron chi connectivity index (χ3n) is 4.04. The van der Waals surface area contributed by atoms with Crippen LogP contribution in [0.25, 0.3) is 0 Å². The average Bonchev–Trinajstić information content (AvgIpc) is 3.17. The molecular weight excluding hydrogens is 421 g/mol. The summed E-state index contributed by atoms with van der Waals surface area (Å²) in [7, 11) is 0. The number of ether oxygens (including phenoxy) is 1. The second-order valence-electron chi connectivity index (χ2n) is 6.40. The Bertz CT molecular complexity index is 727. The van der Waals surface area contributed by atoms with Gasteiger partial charge in [-0.3, -0.25) is 4.79 Å². The molecule has 1 aliphatic rings. The molecule has 1 aromatic heterocycles. The molecule has 0 radical (unpaired) electrons. The quantitative estimate of drug-likeness (QED) is 0.680. The zero-order chi connectivity index (χ0) is 17.3. The van der Waals surface area contributed by atoms with Crippen LogP contribution in [0.15, 0.2) is 28.8 Å². The van der Waals surface area contributed by atoms with Crippen LogP contribution in [-0.2, 0) is 4.79 Å². The molecule has 1 aliphatic heterocycles. The van der Waals surface area contributed by atoms with Crippen molar-refractivity contribution in [1.29, 1.82) is 0 Å². The zero-order valence-electron chi connectivity index (χ0n) is 14.0. The highest BCUT2D eigenvalue weighted by molar-refractivity contribution is 14.1. The van der Waals surface area contributed by atoms with Gasteiger partial charge >= 0.3 is 0 Å². The van der Waals surface area contributed by atoms with E-state index in [1.165, 1.54) is 0 Å². The summed E-state index contributed by atoms with van der Waals surface area (Å²) in [5.74, 6) is 1.69. The number of likely N-dealkylation sites (tertiary alicyclic amines) is 1. The van der Waals surface area contributed by atoms with Gasteiger partial charge < -0.3 is 14.2 Å². The van der Waals surface area contributed by atoms with E-state index >= 15 is 0 Å². The average molecular weight is 441 g/mol. The number of hydrogen-bond acceptors (Lipinski definition) is 5. The van der Waals surface area contributed by atoms with Crippen LogP contribution >= 0.6 is 22.6 Å². The Morgan fingerprint density at radius 2 is 2.08 bits per heavy atom. The van der Waals surface area contributed by atoms with Gasteiger partial charge in [-0.05, 0) is 80.5 Å². The maximum Gasteiger partial charge on any atom is 0.266 e. The Balaban J connectivity index is 1.77. The molecule has 24 heavy (non-hydrogen) atoms. The highest BCUT2D eigenvalue weighted by Gasteiger charge is 2.41. The van der Waals surface area contributed by atoms with Crippen molar-refractivity contribution in [3.05, 3.63) is 39.6 Å². The maximum atomic E-state index is 13.0. The fourth-order valence-electron chi connectivity index (χ4n) is 2.90. The van der Waals surface area contributed by atoms with Gasteiger partial charge in [-0.1, -0.05) is 5.16 Å².